The summed E-state index contributed by atoms with van der Waals surface area (Å²) in [5, 5.41) is 21.3. The minimum atomic E-state index is -0.407. The van der Waals surface area contributed by atoms with Crippen LogP contribution in [0.2, 0.25) is 0 Å². The van der Waals surface area contributed by atoms with Gasteiger partial charge in [-0.1, -0.05) is 19.1 Å². The van der Waals surface area contributed by atoms with E-state index in [1.165, 1.54) is 6.07 Å². The van der Waals surface area contributed by atoms with Crippen LogP contribution in [0.5, 0.6) is 5.75 Å². The number of aromatic hydroxyl groups is 1. The molecule has 6 heteroatoms. The molecule has 2 aliphatic rings. The lowest BCUT2D eigenvalue weighted by Crippen LogP contribution is -2.47. The van der Waals surface area contributed by atoms with Gasteiger partial charge in [0.2, 0.25) is 0 Å². The molecule has 3 rings (SSSR count). The monoisotopic (exact) mass is 303 g/mol. The van der Waals surface area contributed by atoms with Gasteiger partial charge >= 0.3 is 0 Å². The van der Waals surface area contributed by atoms with Crippen molar-refractivity contribution >= 4 is 11.4 Å². The molecule has 118 valence electrons. The van der Waals surface area contributed by atoms with Gasteiger partial charge in [0.25, 0.3) is 5.69 Å². The Kier molecular flexibility index (Phi) is 3.36. The first-order valence-electron chi connectivity index (χ1n) is 7.50. The fourth-order valence-electron chi connectivity index (χ4n) is 4.08. The molecule has 2 heterocycles. The molecule has 1 fully saturated rings. The van der Waals surface area contributed by atoms with Crippen LogP contribution in [-0.2, 0) is 5.41 Å². The van der Waals surface area contributed by atoms with Gasteiger partial charge in [0, 0.05) is 25.6 Å². The average molecular weight is 303 g/mol. The molecule has 2 aliphatic heterocycles. The first-order valence-corrected chi connectivity index (χ1v) is 7.50. The van der Waals surface area contributed by atoms with E-state index in [9.17, 15) is 15.2 Å². The predicted molar refractivity (Wildman–Crippen MR) is 85.3 cm³/mol. The Labute approximate surface area is 129 Å². The molecule has 1 aromatic carbocycles. The van der Waals surface area contributed by atoms with Crippen LogP contribution in [0.25, 0.3) is 0 Å². The first-order chi connectivity index (χ1) is 10.4. The van der Waals surface area contributed by atoms with Crippen molar-refractivity contribution in [3.8, 4) is 5.75 Å². The maximum absolute atomic E-state index is 11.4. The smallest absolute Gasteiger partial charge is 0.296 e. The lowest BCUT2D eigenvalue weighted by Gasteiger charge is -2.34. The molecule has 0 saturated carbocycles. The lowest BCUT2D eigenvalue weighted by atomic mass is 9.81. The van der Waals surface area contributed by atoms with E-state index in [1.807, 2.05) is 24.9 Å². The highest BCUT2D eigenvalue weighted by atomic mass is 16.6. The van der Waals surface area contributed by atoms with Gasteiger partial charge in [-0.25, -0.2) is 0 Å². The van der Waals surface area contributed by atoms with Gasteiger partial charge < -0.3 is 10.0 Å². The van der Waals surface area contributed by atoms with E-state index >= 15 is 0 Å². The Morgan fingerprint density at radius 1 is 1.55 bits per heavy atom. The van der Waals surface area contributed by atoms with E-state index in [2.05, 4.69) is 17.9 Å². The zero-order chi connectivity index (χ0) is 16.1. The summed E-state index contributed by atoms with van der Waals surface area (Å²) in [6, 6.07) is 2.94. The topological polar surface area (TPSA) is 69.8 Å². The molecule has 0 amide bonds. The van der Waals surface area contributed by atoms with Gasteiger partial charge in [-0.3, -0.25) is 15.0 Å². The Morgan fingerprint density at radius 2 is 2.27 bits per heavy atom. The van der Waals surface area contributed by atoms with Crippen LogP contribution in [-0.4, -0.2) is 41.2 Å². The van der Waals surface area contributed by atoms with Crippen molar-refractivity contribution in [3.05, 3.63) is 40.0 Å². The summed E-state index contributed by atoms with van der Waals surface area (Å²) < 4.78 is 0. The van der Waals surface area contributed by atoms with Gasteiger partial charge in [-0.2, -0.15) is 0 Å². The second-order valence-corrected chi connectivity index (χ2v) is 6.33. The number of nitro groups is 1. The maximum atomic E-state index is 11.4. The van der Waals surface area contributed by atoms with Gasteiger partial charge in [-0.15, -0.1) is 0 Å². The van der Waals surface area contributed by atoms with Crippen molar-refractivity contribution in [1.29, 1.82) is 0 Å². The molecule has 2 atom stereocenters. The Balaban J connectivity index is 2.12. The van der Waals surface area contributed by atoms with E-state index in [-0.39, 0.29) is 23.0 Å². The van der Waals surface area contributed by atoms with Crippen LogP contribution in [0, 0.1) is 10.1 Å². The zero-order valence-electron chi connectivity index (χ0n) is 13.1. The van der Waals surface area contributed by atoms with Crippen LogP contribution in [0.3, 0.4) is 0 Å². The van der Waals surface area contributed by atoms with E-state index in [1.54, 1.807) is 6.07 Å². The Bertz CT molecular complexity index is 658. The Morgan fingerprint density at radius 3 is 2.91 bits per heavy atom. The highest BCUT2D eigenvalue weighted by Crippen LogP contribution is 2.55. The minimum absolute atomic E-state index is 0.0147. The SMILES string of the molecule is CC=CCN1CC[C@@]2(C)c3cc(O)cc([N+](=O)[O-])c3N(C)C12. The number of hydrogen-bond donors (Lipinski definition) is 1. The lowest BCUT2D eigenvalue weighted by molar-refractivity contribution is -0.384. The van der Waals surface area contributed by atoms with Crippen molar-refractivity contribution in [2.75, 3.05) is 25.0 Å². The molecule has 22 heavy (non-hydrogen) atoms. The zero-order valence-corrected chi connectivity index (χ0v) is 13.1. The van der Waals surface area contributed by atoms with Crippen LogP contribution in [0.1, 0.15) is 25.8 Å². The maximum Gasteiger partial charge on any atom is 0.296 e. The van der Waals surface area contributed by atoms with Crippen molar-refractivity contribution in [3.63, 3.8) is 0 Å². The molecule has 0 spiro atoms. The van der Waals surface area contributed by atoms with E-state index in [0.29, 0.717) is 5.69 Å². The number of phenolic OH excluding ortho intramolecular Hbond substituents is 1. The van der Waals surface area contributed by atoms with E-state index < -0.39 is 4.92 Å². The largest absolute Gasteiger partial charge is 0.508 e. The molecule has 6 nitrogen and oxygen atoms in total. The molecule has 1 N–H and O–H groups in total. The second kappa shape index (κ2) is 4.98. The molecule has 0 aliphatic carbocycles. The summed E-state index contributed by atoms with van der Waals surface area (Å²) in [5.74, 6) is -0.0346. The first kappa shape index (κ1) is 14.8. The highest BCUT2D eigenvalue weighted by molar-refractivity contribution is 5.76. The fraction of sp³-hybridized carbons (Fsp3) is 0.500. The average Bonchev–Trinajstić information content (AvgIpc) is 2.90. The third kappa shape index (κ3) is 1.90. The number of phenols is 1. The number of nitrogens with zero attached hydrogens (tertiary/aromatic N) is 3. The van der Waals surface area contributed by atoms with E-state index in [4.69, 9.17) is 0 Å². The highest BCUT2D eigenvalue weighted by Gasteiger charge is 2.55. The molecule has 1 unspecified atom stereocenters. The molecule has 1 aromatic rings. The number of rotatable bonds is 3. The molecular weight excluding hydrogens is 282 g/mol. The van der Waals surface area contributed by atoms with Gasteiger partial charge in [-0.05, 0) is 25.0 Å². The van der Waals surface area contributed by atoms with Crippen LogP contribution >= 0.6 is 0 Å². The minimum Gasteiger partial charge on any atom is -0.508 e. The fourth-order valence-corrected chi connectivity index (χ4v) is 4.08. The molecule has 0 bridgehead atoms. The number of benzene rings is 1. The van der Waals surface area contributed by atoms with Crippen LogP contribution in [0.4, 0.5) is 11.4 Å². The molecule has 0 radical (unpaired) electrons. The van der Waals surface area contributed by atoms with Gasteiger partial charge in [0.1, 0.15) is 11.4 Å². The van der Waals surface area contributed by atoms with Crippen molar-refractivity contribution in [2.45, 2.75) is 31.8 Å². The summed E-state index contributed by atoms with van der Waals surface area (Å²) in [6.45, 7) is 5.90. The second-order valence-electron chi connectivity index (χ2n) is 6.33. The quantitative estimate of drug-likeness (QED) is 0.528. The molecule has 0 aromatic heterocycles. The number of nitro benzene ring substituents is 1. The standard InChI is InChI=1S/C16H21N3O3/c1-4-5-7-18-8-6-16(2)12-9-11(20)10-13(19(21)22)14(12)17(3)15(16)18/h4-5,9-10,15,20H,6-8H2,1-3H3/t15?,16-/m0/s1. The number of anilines is 1. The predicted octanol–water partition coefficient (Wildman–Crippen LogP) is 2.62. The number of likely N-dealkylation sites (N-methyl/N-ethyl adjacent to an activating group) is 1. The number of fused-ring (bicyclic) bond motifs is 3. The van der Waals surface area contributed by atoms with Crippen LogP contribution in [0.15, 0.2) is 24.3 Å². The Hall–Kier alpha value is -2.08. The number of likely N-dealkylation sites (tertiary alicyclic amines) is 1. The molecular formula is C16H21N3O3. The van der Waals surface area contributed by atoms with Crippen LogP contribution < -0.4 is 4.90 Å². The summed E-state index contributed by atoms with van der Waals surface area (Å²) in [5.41, 5.74) is 1.31. The normalized spacial score (nSPS) is 27.4. The van der Waals surface area contributed by atoms with Crippen molar-refractivity contribution in [1.82, 2.24) is 4.90 Å². The summed E-state index contributed by atoms with van der Waals surface area (Å²) in [6.07, 6.45) is 5.13. The van der Waals surface area contributed by atoms with E-state index in [0.717, 1.165) is 25.1 Å². The third-order valence-electron chi connectivity index (χ3n) is 5.02. The third-order valence-corrected chi connectivity index (χ3v) is 5.02. The van der Waals surface area contributed by atoms with Crippen molar-refractivity contribution in [2.24, 2.45) is 0 Å². The summed E-state index contributed by atoms with van der Waals surface area (Å²) in [4.78, 5) is 15.3. The van der Waals surface area contributed by atoms with Gasteiger partial charge in [0.15, 0.2) is 0 Å². The summed E-state index contributed by atoms with van der Waals surface area (Å²) >= 11 is 0. The molecule has 1 saturated heterocycles. The summed E-state index contributed by atoms with van der Waals surface area (Å²) in [7, 11) is 1.91. The van der Waals surface area contributed by atoms with Gasteiger partial charge in [0.05, 0.1) is 17.2 Å². The number of hydrogen-bond acceptors (Lipinski definition) is 5. The number of allylic oxidation sites excluding steroid dienone is 1. The van der Waals surface area contributed by atoms with Crippen molar-refractivity contribution < 1.29 is 10.0 Å².